The number of rotatable bonds is 5. The Morgan fingerprint density at radius 1 is 1.26 bits per heavy atom. The molecule has 120 valence electrons. The summed E-state index contributed by atoms with van der Waals surface area (Å²) in [6.07, 6.45) is 0.595. The minimum absolute atomic E-state index is 0.0984. The Balaban J connectivity index is 1.64. The summed E-state index contributed by atoms with van der Waals surface area (Å²) in [6.45, 7) is 0. The molecule has 1 amide bonds. The number of carbonyl (C=O) groups is 1. The molecule has 1 aliphatic rings. The van der Waals surface area contributed by atoms with Gasteiger partial charge < -0.3 is 10.4 Å². The number of hydrogen-bond donors (Lipinski definition) is 2. The Hall–Kier alpha value is -1.91. The van der Waals surface area contributed by atoms with Crippen LogP contribution in [0.25, 0.3) is 0 Å². The van der Waals surface area contributed by atoms with Crippen LogP contribution in [-0.2, 0) is 10.3 Å². The van der Waals surface area contributed by atoms with E-state index in [0.29, 0.717) is 10.6 Å². The van der Waals surface area contributed by atoms with Crippen LogP contribution in [0.15, 0.2) is 48.5 Å². The molecule has 23 heavy (non-hydrogen) atoms. The van der Waals surface area contributed by atoms with Crippen LogP contribution in [0.3, 0.4) is 0 Å². The summed E-state index contributed by atoms with van der Waals surface area (Å²) in [5.41, 5.74) is 1.05. The fraction of sp³-hybridized carbons (Fsp3) is 0.278. The first-order valence-electron chi connectivity index (χ1n) is 7.49. The Morgan fingerprint density at radius 2 is 1.96 bits per heavy atom. The normalized spacial score (nSPS) is 16.7. The van der Waals surface area contributed by atoms with Gasteiger partial charge >= 0.3 is 0 Å². The molecule has 0 radical (unpaired) electrons. The van der Waals surface area contributed by atoms with Gasteiger partial charge in [-0.1, -0.05) is 35.9 Å². The molecule has 3 nitrogen and oxygen atoms in total. The summed E-state index contributed by atoms with van der Waals surface area (Å²) in [5, 5.41) is 13.7. The highest BCUT2D eigenvalue weighted by Crippen LogP contribution is 2.45. The average molecular weight is 334 g/mol. The minimum Gasteiger partial charge on any atom is -0.388 e. The van der Waals surface area contributed by atoms with Gasteiger partial charge in [0, 0.05) is 5.02 Å². The SMILES string of the molecule is O=C(CC(O)c1cccc(F)c1)NC1(c2ccc(Cl)cc2)CC1. The quantitative estimate of drug-likeness (QED) is 0.876. The molecule has 0 bridgehead atoms. The summed E-state index contributed by atoms with van der Waals surface area (Å²) in [4.78, 5) is 12.2. The van der Waals surface area contributed by atoms with Gasteiger partial charge in [-0.3, -0.25) is 4.79 Å². The van der Waals surface area contributed by atoms with Gasteiger partial charge in [-0.05, 0) is 48.2 Å². The van der Waals surface area contributed by atoms with E-state index in [2.05, 4.69) is 5.32 Å². The van der Waals surface area contributed by atoms with E-state index >= 15 is 0 Å². The topological polar surface area (TPSA) is 49.3 Å². The number of aliphatic hydroxyl groups excluding tert-OH is 1. The van der Waals surface area contributed by atoms with Gasteiger partial charge in [0.1, 0.15) is 5.82 Å². The van der Waals surface area contributed by atoms with Crippen LogP contribution in [0.4, 0.5) is 4.39 Å². The number of benzene rings is 2. The smallest absolute Gasteiger partial charge is 0.223 e. The Labute approximate surface area is 139 Å². The molecule has 2 aromatic carbocycles. The van der Waals surface area contributed by atoms with E-state index in [4.69, 9.17) is 11.6 Å². The maximum Gasteiger partial charge on any atom is 0.223 e. The predicted molar refractivity (Wildman–Crippen MR) is 86.5 cm³/mol. The van der Waals surface area contributed by atoms with Crippen molar-refractivity contribution in [3.8, 4) is 0 Å². The Morgan fingerprint density at radius 3 is 2.57 bits per heavy atom. The van der Waals surface area contributed by atoms with E-state index in [1.165, 1.54) is 18.2 Å². The largest absolute Gasteiger partial charge is 0.388 e. The highest BCUT2D eigenvalue weighted by atomic mass is 35.5. The number of halogens is 2. The molecular formula is C18H17ClFNO2. The van der Waals surface area contributed by atoms with E-state index in [-0.39, 0.29) is 17.9 Å². The van der Waals surface area contributed by atoms with E-state index in [1.54, 1.807) is 18.2 Å². The molecule has 3 rings (SSSR count). The lowest BCUT2D eigenvalue weighted by Crippen LogP contribution is -2.35. The summed E-state index contributed by atoms with van der Waals surface area (Å²) in [6, 6.07) is 13.1. The third kappa shape index (κ3) is 3.71. The van der Waals surface area contributed by atoms with Crippen LogP contribution in [-0.4, -0.2) is 11.0 Å². The number of amides is 1. The highest BCUT2D eigenvalue weighted by Gasteiger charge is 2.45. The molecule has 2 aromatic rings. The van der Waals surface area contributed by atoms with Crippen molar-refractivity contribution in [3.05, 3.63) is 70.5 Å². The first-order valence-corrected chi connectivity index (χ1v) is 7.87. The van der Waals surface area contributed by atoms with Crippen molar-refractivity contribution < 1.29 is 14.3 Å². The summed E-state index contributed by atoms with van der Waals surface area (Å²) >= 11 is 5.89. The van der Waals surface area contributed by atoms with Crippen LogP contribution in [0.2, 0.25) is 5.02 Å². The second kappa shape index (κ2) is 6.30. The number of carbonyl (C=O) groups excluding carboxylic acids is 1. The zero-order chi connectivity index (χ0) is 16.4. The molecule has 1 fully saturated rings. The summed E-state index contributed by atoms with van der Waals surface area (Å²) < 4.78 is 13.2. The molecule has 0 aromatic heterocycles. The molecule has 1 unspecified atom stereocenters. The van der Waals surface area contributed by atoms with Crippen LogP contribution < -0.4 is 5.32 Å². The highest BCUT2D eigenvalue weighted by molar-refractivity contribution is 6.30. The molecule has 0 aliphatic heterocycles. The summed E-state index contributed by atoms with van der Waals surface area (Å²) in [5.74, 6) is -0.684. The fourth-order valence-corrected chi connectivity index (χ4v) is 2.83. The van der Waals surface area contributed by atoms with E-state index < -0.39 is 11.9 Å². The van der Waals surface area contributed by atoms with Crippen LogP contribution >= 0.6 is 11.6 Å². The first kappa shape index (κ1) is 16.0. The van der Waals surface area contributed by atoms with Crippen molar-refractivity contribution in [1.29, 1.82) is 0 Å². The zero-order valence-corrected chi connectivity index (χ0v) is 13.2. The van der Waals surface area contributed by atoms with Crippen molar-refractivity contribution >= 4 is 17.5 Å². The maximum absolute atomic E-state index is 13.2. The number of nitrogens with one attached hydrogen (secondary N) is 1. The van der Waals surface area contributed by atoms with E-state index in [0.717, 1.165) is 18.4 Å². The van der Waals surface area contributed by atoms with Crippen molar-refractivity contribution in [3.63, 3.8) is 0 Å². The number of hydrogen-bond acceptors (Lipinski definition) is 2. The summed E-state index contributed by atoms with van der Waals surface area (Å²) in [7, 11) is 0. The third-order valence-electron chi connectivity index (χ3n) is 4.14. The molecule has 1 atom stereocenters. The molecule has 1 aliphatic carbocycles. The van der Waals surface area contributed by atoms with Gasteiger partial charge in [-0.15, -0.1) is 0 Å². The van der Waals surface area contributed by atoms with Crippen molar-refractivity contribution in [2.75, 3.05) is 0 Å². The Kier molecular flexibility index (Phi) is 4.37. The van der Waals surface area contributed by atoms with Crippen LogP contribution in [0, 0.1) is 5.82 Å². The molecule has 0 spiro atoms. The number of aliphatic hydroxyl groups is 1. The van der Waals surface area contributed by atoms with Gasteiger partial charge in [0.15, 0.2) is 0 Å². The monoisotopic (exact) mass is 333 g/mol. The standard InChI is InChI=1S/C18H17ClFNO2/c19-14-6-4-13(5-7-14)18(8-9-18)21-17(23)11-16(22)12-2-1-3-15(20)10-12/h1-7,10,16,22H,8-9,11H2,(H,21,23). The molecule has 0 saturated heterocycles. The van der Waals surface area contributed by atoms with E-state index in [9.17, 15) is 14.3 Å². The molecule has 5 heteroatoms. The lowest BCUT2D eigenvalue weighted by Gasteiger charge is -2.19. The van der Waals surface area contributed by atoms with E-state index in [1.807, 2.05) is 12.1 Å². The van der Waals surface area contributed by atoms with Gasteiger partial charge in [0.05, 0.1) is 18.1 Å². The average Bonchev–Trinajstić information content (AvgIpc) is 3.28. The molecule has 1 saturated carbocycles. The Bertz CT molecular complexity index is 713. The lowest BCUT2D eigenvalue weighted by molar-refractivity contribution is -0.124. The minimum atomic E-state index is -1.02. The zero-order valence-electron chi connectivity index (χ0n) is 12.4. The molecule has 2 N–H and O–H groups in total. The fourth-order valence-electron chi connectivity index (χ4n) is 2.70. The van der Waals surface area contributed by atoms with Crippen molar-refractivity contribution in [1.82, 2.24) is 5.32 Å². The third-order valence-corrected chi connectivity index (χ3v) is 4.39. The molecule has 0 heterocycles. The van der Waals surface area contributed by atoms with Gasteiger partial charge in [-0.25, -0.2) is 4.39 Å². The first-order chi connectivity index (χ1) is 11.0. The lowest BCUT2D eigenvalue weighted by atomic mass is 10.0. The van der Waals surface area contributed by atoms with Gasteiger partial charge in [0.25, 0.3) is 0 Å². The second-order valence-corrected chi connectivity index (χ2v) is 6.35. The van der Waals surface area contributed by atoms with Crippen molar-refractivity contribution in [2.24, 2.45) is 0 Å². The predicted octanol–water partition coefficient (Wildman–Crippen LogP) is 3.71. The molecular weight excluding hydrogens is 317 g/mol. The van der Waals surface area contributed by atoms with Crippen molar-refractivity contribution in [2.45, 2.75) is 30.9 Å². The van der Waals surface area contributed by atoms with Crippen LogP contribution in [0.1, 0.15) is 36.5 Å². The maximum atomic E-state index is 13.2. The van der Waals surface area contributed by atoms with Crippen LogP contribution in [0.5, 0.6) is 0 Å². The van der Waals surface area contributed by atoms with Gasteiger partial charge in [-0.2, -0.15) is 0 Å². The second-order valence-electron chi connectivity index (χ2n) is 5.91. The van der Waals surface area contributed by atoms with Gasteiger partial charge in [0.2, 0.25) is 5.91 Å².